The summed E-state index contributed by atoms with van der Waals surface area (Å²) < 4.78 is 16.4. The van der Waals surface area contributed by atoms with Crippen LogP contribution in [0.5, 0.6) is 0 Å². The molecule has 1 aromatic heterocycles. The fourth-order valence-electron chi connectivity index (χ4n) is 1.99. The Labute approximate surface area is 113 Å². The van der Waals surface area contributed by atoms with Gasteiger partial charge in [-0.25, -0.2) is 4.39 Å². The highest BCUT2D eigenvalue weighted by atomic mass is 32.1. The van der Waals surface area contributed by atoms with Crippen LogP contribution in [-0.4, -0.2) is 10.5 Å². The molecule has 2 aromatic rings. The van der Waals surface area contributed by atoms with E-state index in [0.29, 0.717) is 16.9 Å². The van der Waals surface area contributed by atoms with Crippen LogP contribution in [0.4, 0.5) is 4.39 Å². The monoisotopic (exact) mass is 276 g/mol. The summed E-state index contributed by atoms with van der Waals surface area (Å²) in [6, 6.07) is 4.92. The number of aromatic nitrogens is 1. The van der Waals surface area contributed by atoms with E-state index in [0.717, 1.165) is 17.5 Å². The highest BCUT2D eigenvalue weighted by Gasteiger charge is 2.29. The van der Waals surface area contributed by atoms with Gasteiger partial charge in [-0.2, -0.15) is 4.99 Å². The van der Waals surface area contributed by atoms with Gasteiger partial charge in [0.05, 0.1) is 10.2 Å². The maximum Gasteiger partial charge on any atom is 0.251 e. The van der Waals surface area contributed by atoms with E-state index in [1.54, 1.807) is 16.7 Å². The molecule has 1 fully saturated rings. The molecule has 3 nitrogen and oxygen atoms in total. The number of amides is 1. The Morgan fingerprint density at radius 1 is 1.58 bits per heavy atom. The lowest BCUT2D eigenvalue weighted by molar-refractivity contribution is -0.119. The van der Waals surface area contributed by atoms with Crippen LogP contribution in [0.3, 0.4) is 0 Å². The number of carbonyl (C=O) groups excluding carboxylic acids is 1. The van der Waals surface area contributed by atoms with Crippen molar-refractivity contribution < 1.29 is 9.18 Å². The summed E-state index contributed by atoms with van der Waals surface area (Å²) in [7, 11) is 0. The number of allylic oxidation sites excluding steroid dienone is 1. The van der Waals surface area contributed by atoms with Gasteiger partial charge in [0.2, 0.25) is 0 Å². The molecule has 1 aromatic carbocycles. The van der Waals surface area contributed by atoms with Crippen molar-refractivity contribution >= 4 is 27.5 Å². The minimum Gasteiger partial charge on any atom is -0.310 e. The summed E-state index contributed by atoms with van der Waals surface area (Å²) in [6.07, 6.45) is 3.52. The Bertz CT molecular complexity index is 725. The normalized spacial score (nSPS) is 15.9. The zero-order chi connectivity index (χ0) is 13.4. The zero-order valence-electron chi connectivity index (χ0n) is 10.3. The highest BCUT2D eigenvalue weighted by Crippen LogP contribution is 2.30. The van der Waals surface area contributed by atoms with E-state index in [1.807, 2.05) is 6.07 Å². The van der Waals surface area contributed by atoms with Crippen molar-refractivity contribution in [1.82, 2.24) is 4.57 Å². The van der Waals surface area contributed by atoms with Crippen molar-refractivity contribution in [2.45, 2.75) is 19.4 Å². The van der Waals surface area contributed by atoms with Crippen molar-refractivity contribution in [1.29, 1.82) is 0 Å². The molecule has 1 saturated carbocycles. The summed E-state index contributed by atoms with van der Waals surface area (Å²) in [5.74, 6) is -0.312. The number of hydrogen-bond acceptors (Lipinski definition) is 2. The molecule has 0 N–H and O–H groups in total. The number of para-hydroxylation sites is 1. The van der Waals surface area contributed by atoms with E-state index >= 15 is 0 Å². The van der Waals surface area contributed by atoms with Crippen LogP contribution in [0, 0.1) is 11.7 Å². The Hall–Kier alpha value is -1.75. The number of halogens is 1. The molecule has 3 rings (SSSR count). The lowest BCUT2D eigenvalue weighted by atomic mass is 10.3. The molecule has 1 heterocycles. The van der Waals surface area contributed by atoms with E-state index in [-0.39, 0.29) is 17.6 Å². The predicted molar refractivity (Wildman–Crippen MR) is 73.3 cm³/mol. The first-order valence-corrected chi connectivity index (χ1v) is 6.99. The number of fused-ring (bicyclic) bond motifs is 1. The summed E-state index contributed by atoms with van der Waals surface area (Å²) in [6.45, 7) is 4.12. The van der Waals surface area contributed by atoms with Crippen LogP contribution >= 0.6 is 11.3 Å². The average molecular weight is 276 g/mol. The first-order chi connectivity index (χ1) is 9.20. The summed E-state index contributed by atoms with van der Waals surface area (Å²) in [5.41, 5.74) is 0.495. The number of thiazole rings is 1. The van der Waals surface area contributed by atoms with Crippen LogP contribution in [-0.2, 0) is 11.3 Å². The third kappa shape index (κ3) is 2.26. The van der Waals surface area contributed by atoms with E-state index < -0.39 is 0 Å². The lowest BCUT2D eigenvalue weighted by Gasteiger charge is -2.01. The van der Waals surface area contributed by atoms with Crippen LogP contribution in [0.15, 0.2) is 35.8 Å². The SMILES string of the molecule is C=CCn1c(=NC(=O)C2CC2)sc2cccc(F)c21. The highest BCUT2D eigenvalue weighted by molar-refractivity contribution is 7.16. The molecule has 1 amide bonds. The number of nitrogens with zero attached hydrogens (tertiary/aromatic N) is 2. The number of carbonyl (C=O) groups is 1. The molecule has 98 valence electrons. The van der Waals surface area contributed by atoms with Crippen molar-refractivity contribution in [3.05, 3.63) is 41.5 Å². The molecule has 0 unspecified atom stereocenters. The summed E-state index contributed by atoms with van der Waals surface area (Å²) in [4.78, 5) is 16.5. The van der Waals surface area contributed by atoms with Gasteiger partial charge in [-0.1, -0.05) is 23.5 Å². The Balaban J connectivity index is 2.22. The van der Waals surface area contributed by atoms with Crippen molar-refractivity contribution in [3.8, 4) is 0 Å². The van der Waals surface area contributed by atoms with E-state index in [9.17, 15) is 9.18 Å². The van der Waals surface area contributed by atoms with Gasteiger partial charge in [-0.15, -0.1) is 6.58 Å². The molecule has 1 aliphatic carbocycles. The van der Waals surface area contributed by atoms with Gasteiger partial charge in [0.25, 0.3) is 5.91 Å². The van der Waals surface area contributed by atoms with Crippen molar-refractivity contribution in [2.75, 3.05) is 0 Å². The largest absolute Gasteiger partial charge is 0.310 e. The quantitative estimate of drug-likeness (QED) is 0.794. The fourth-order valence-corrected chi connectivity index (χ4v) is 3.05. The minimum atomic E-state index is -0.295. The maximum atomic E-state index is 13.9. The van der Waals surface area contributed by atoms with Gasteiger partial charge >= 0.3 is 0 Å². The summed E-state index contributed by atoms with van der Waals surface area (Å²) >= 11 is 1.34. The zero-order valence-corrected chi connectivity index (χ0v) is 11.1. The number of hydrogen-bond donors (Lipinski definition) is 0. The molecule has 0 radical (unpaired) electrons. The van der Waals surface area contributed by atoms with E-state index in [1.165, 1.54) is 17.4 Å². The van der Waals surface area contributed by atoms with E-state index in [2.05, 4.69) is 11.6 Å². The van der Waals surface area contributed by atoms with Crippen LogP contribution in [0.25, 0.3) is 10.2 Å². The average Bonchev–Trinajstić information content (AvgIpc) is 3.16. The van der Waals surface area contributed by atoms with Crippen LogP contribution in [0.1, 0.15) is 12.8 Å². The molecule has 0 saturated heterocycles. The van der Waals surface area contributed by atoms with Gasteiger partial charge in [0.15, 0.2) is 4.80 Å². The summed E-state index contributed by atoms with van der Waals surface area (Å²) in [5, 5.41) is 0. The standard InChI is InChI=1S/C14H13FN2OS/c1-2-8-17-12-10(15)4-3-5-11(12)19-14(17)16-13(18)9-6-7-9/h2-5,9H,1,6-8H2. The fraction of sp³-hybridized carbons (Fsp3) is 0.286. The van der Waals surface area contributed by atoms with Gasteiger partial charge in [0.1, 0.15) is 5.82 Å². The van der Waals surface area contributed by atoms with Gasteiger partial charge in [-0.05, 0) is 25.0 Å². The van der Waals surface area contributed by atoms with Crippen molar-refractivity contribution in [2.24, 2.45) is 10.9 Å². The molecule has 5 heteroatoms. The predicted octanol–water partition coefficient (Wildman–Crippen LogP) is 2.87. The van der Waals surface area contributed by atoms with E-state index in [4.69, 9.17) is 0 Å². The van der Waals surface area contributed by atoms with Crippen LogP contribution in [0.2, 0.25) is 0 Å². The Morgan fingerprint density at radius 3 is 3.05 bits per heavy atom. The first kappa shape index (κ1) is 12.3. The van der Waals surface area contributed by atoms with Crippen molar-refractivity contribution in [3.63, 3.8) is 0 Å². The molecule has 0 spiro atoms. The molecule has 0 aliphatic heterocycles. The molecule has 1 aliphatic rings. The first-order valence-electron chi connectivity index (χ1n) is 6.18. The molecular weight excluding hydrogens is 263 g/mol. The number of benzene rings is 1. The smallest absolute Gasteiger partial charge is 0.251 e. The number of rotatable bonds is 3. The minimum absolute atomic E-state index is 0.0761. The third-order valence-corrected chi connectivity index (χ3v) is 4.14. The van der Waals surface area contributed by atoms with Gasteiger partial charge < -0.3 is 4.57 Å². The van der Waals surface area contributed by atoms with Gasteiger partial charge in [-0.3, -0.25) is 4.79 Å². The second-order valence-electron chi connectivity index (χ2n) is 4.59. The van der Waals surface area contributed by atoms with Crippen LogP contribution < -0.4 is 4.80 Å². The second-order valence-corrected chi connectivity index (χ2v) is 5.60. The lowest BCUT2D eigenvalue weighted by Crippen LogP contribution is -2.17. The van der Waals surface area contributed by atoms with Gasteiger partial charge in [0, 0.05) is 12.5 Å². The maximum absolute atomic E-state index is 13.9. The second kappa shape index (κ2) is 4.74. The Kier molecular flexibility index (Phi) is 3.06. The Morgan fingerprint density at radius 2 is 2.37 bits per heavy atom. The molecular formula is C14H13FN2OS. The third-order valence-electron chi connectivity index (χ3n) is 3.10. The molecule has 0 bridgehead atoms. The topological polar surface area (TPSA) is 34.4 Å². The molecule has 0 atom stereocenters. The molecule has 19 heavy (non-hydrogen) atoms.